The molecule has 1 N–H and O–H groups in total. The molecule has 152 valence electrons. The lowest BCUT2D eigenvalue weighted by atomic mass is 10.0. The van der Waals surface area contributed by atoms with Gasteiger partial charge in [-0.3, -0.25) is 19.3 Å². The molecular formula is C22H24N2O4S. The molecule has 7 heteroatoms. The molecule has 29 heavy (non-hydrogen) atoms. The SMILES string of the molecule is CCCC(NC(=O)COC(=O)CN1C(=O)CSc2ccccc21)c1ccccc1. The van der Waals surface area contributed by atoms with Crippen molar-refractivity contribution in [3.8, 4) is 0 Å². The van der Waals surface area contributed by atoms with Gasteiger partial charge in [-0.15, -0.1) is 11.8 Å². The van der Waals surface area contributed by atoms with Crippen molar-refractivity contribution in [1.82, 2.24) is 5.32 Å². The third kappa shape index (κ3) is 5.60. The van der Waals surface area contributed by atoms with Crippen LogP contribution < -0.4 is 10.2 Å². The van der Waals surface area contributed by atoms with Crippen LogP contribution in [0.4, 0.5) is 5.69 Å². The highest BCUT2D eigenvalue weighted by Crippen LogP contribution is 2.34. The molecule has 0 saturated carbocycles. The first-order chi connectivity index (χ1) is 14.1. The number of esters is 1. The average molecular weight is 413 g/mol. The summed E-state index contributed by atoms with van der Waals surface area (Å²) in [5, 5.41) is 2.92. The number of hydrogen-bond donors (Lipinski definition) is 1. The molecule has 0 aliphatic carbocycles. The average Bonchev–Trinajstić information content (AvgIpc) is 2.74. The van der Waals surface area contributed by atoms with Crippen LogP contribution >= 0.6 is 11.8 Å². The lowest BCUT2D eigenvalue weighted by Gasteiger charge is -2.28. The number of fused-ring (bicyclic) bond motifs is 1. The quantitative estimate of drug-likeness (QED) is 0.673. The van der Waals surface area contributed by atoms with Crippen molar-refractivity contribution < 1.29 is 19.1 Å². The van der Waals surface area contributed by atoms with Crippen molar-refractivity contribution in [3.05, 3.63) is 60.2 Å². The Balaban J connectivity index is 1.54. The second-order valence-corrected chi connectivity index (χ2v) is 7.73. The number of benzene rings is 2. The van der Waals surface area contributed by atoms with E-state index in [1.165, 1.54) is 16.7 Å². The van der Waals surface area contributed by atoms with Crippen molar-refractivity contribution in [1.29, 1.82) is 0 Å². The fraction of sp³-hybridized carbons (Fsp3) is 0.318. The summed E-state index contributed by atoms with van der Waals surface area (Å²) in [5.74, 6) is -0.841. The predicted octanol–water partition coefficient (Wildman–Crippen LogP) is 3.33. The maximum absolute atomic E-state index is 12.3. The van der Waals surface area contributed by atoms with E-state index in [-0.39, 0.29) is 36.8 Å². The highest BCUT2D eigenvalue weighted by molar-refractivity contribution is 8.00. The minimum absolute atomic E-state index is 0.125. The van der Waals surface area contributed by atoms with Crippen molar-refractivity contribution >= 4 is 35.2 Å². The van der Waals surface area contributed by atoms with Gasteiger partial charge in [0.15, 0.2) is 6.61 Å². The van der Waals surface area contributed by atoms with Crippen LogP contribution in [-0.4, -0.2) is 36.7 Å². The molecule has 2 amide bonds. The van der Waals surface area contributed by atoms with Crippen LogP contribution in [-0.2, 0) is 19.1 Å². The first kappa shape index (κ1) is 20.9. The predicted molar refractivity (Wildman–Crippen MR) is 113 cm³/mol. The van der Waals surface area contributed by atoms with Gasteiger partial charge in [-0.2, -0.15) is 0 Å². The lowest BCUT2D eigenvalue weighted by molar-refractivity contribution is -0.147. The summed E-state index contributed by atoms with van der Waals surface area (Å²) in [7, 11) is 0. The zero-order valence-corrected chi connectivity index (χ0v) is 17.1. The molecule has 0 saturated heterocycles. The molecule has 0 radical (unpaired) electrons. The molecular weight excluding hydrogens is 388 g/mol. The van der Waals surface area contributed by atoms with E-state index in [1.54, 1.807) is 6.07 Å². The largest absolute Gasteiger partial charge is 0.454 e. The van der Waals surface area contributed by atoms with Gasteiger partial charge in [0.25, 0.3) is 5.91 Å². The summed E-state index contributed by atoms with van der Waals surface area (Å²) >= 11 is 1.45. The van der Waals surface area contributed by atoms with Gasteiger partial charge in [-0.05, 0) is 24.1 Å². The molecule has 1 aliphatic heterocycles. The molecule has 0 aromatic heterocycles. The molecule has 1 heterocycles. The summed E-state index contributed by atoms with van der Waals surface area (Å²) < 4.78 is 5.13. The number of carbonyl (C=O) groups is 3. The van der Waals surface area contributed by atoms with Crippen molar-refractivity contribution in [2.45, 2.75) is 30.7 Å². The molecule has 3 rings (SSSR count). The van der Waals surface area contributed by atoms with Gasteiger partial charge in [-0.25, -0.2) is 0 Å². The van der Waals surface area contributed by atoms with Crippen molar-refractivity contribution in [2.24, 2.45) is 0 Å². The number of ether oxygens (including phenoxy) is 1. The van der Waals surface area contributed by atoms with E-state index in [9.17, 15) is 14.4 Å². The van der Waals surface area contributed by atoms with Crippen molar-refractivity contribution in [2.75, 3.05) is 23.8 Å². The zero-order valence-electron chi connectivity index (χ0n) is 16.3. The normalized spacial score (nSPS) is 14.1. The van der Waals surface area contributed by atoms with E-state index in [1.807, 2.05) is 55.5 Å². The summed E-state index contributed by atoms with van der Waals surface area (Å²) in [5.41, 5.74) is 1.71. The highest BCUT2D eigenvalue weighted by Gasteiger charge is 2.27. The standard InChI is InChI=1S/C22H24N2O4S/c1-2-8-17(16-9-4-3-5-10-16)23-20(25)14-28-22(27)13-24-18-11-6-7-12-19(18)29-15-21(24)26/h3-7,9-12,17H,2,8,13-15H2,1H3,(H,23,25). The molecule has 2 aromatic carbocycles. The van der Waals surface area contributed by atoms with Crippen LogP contribution in [0.1, 0.15) is 31.4 Å². The maximum atomic E-state index is 12.3. The summed E-state index contributed by atoms with van der Waals surface area (Å²) in [4.78, 5) is 39.1. The zero-order chi connectivity index (χ0) is 20.6. The van der Waals surface area contributed by atoms with Gasteiger partial charge < -0.3 is 10.1 Å². The van der Waals surface area contributed by atoms with E-state index < -0.39 is 5.97 Å². The maximum Gasteiger partial charge on any atom is 0.326 e. The Morgan fingerprint density at radius 1 is 1.14 bits per heavy atom. The first-order valence-electron chi connectivity index (χ1n) is 9.60. The van der Waals surface area contributed by atoms with Crippen molar-refractivity contribution in [3.63, 3.8) is 0 Å². The Hall–Kier alpha value is -2.80. The second-order valence-electron chi connectivity index (χ2n) is 6.72. The lowest BCUT2D eigenvalue weighted by Crippen LogP contribution is -2.41. The number of thioether (sulfide) groups is 1. The van der Waals surface area contributed by atoms with Crippen LogP contribution in [0.2, 0.25) is 0 Å². The topological polar surface area (TPSA) is 75.7 Å². The molecule has 0 bridgehead atoms. The monoisotopic (exact) mass is 412 g/mol. The number of para-hydroxylation sites is 1. The molecule has 6 nitrogen and oxygen atoms in total. The number of nitrogens with zero attached hydrogens (tertiary/aromatic N) is 1. The Bertz CT molecular complexity index is 872. The van der Waals surface area contributed by atoms with Crippen LogP contribution in [0.15, 0.2) is 59.5 Å². The van der Waals surface area contributed by atoms with Gasteiger partial charge in [0.05, 0.1) is 17.5 Å². The first-order valence-corrected chi connectivity index (χ1v) is 10.6. The van der Waals surface area contributed by atoms with Gasteiger partial charge in [0.2, 0.25) is 5.91 Å². The van der Waals surface area contributed by atoms with E-state index in [2.05, 4.69) is 5.32 Å². The Kier molecular flexibility index (Phi) is 7.30. The second kappa shape index (κ2) is 10.1. The van der Waals surface area contributed by atoms with Gasteiger partial charge in [0.1, 0.15) is 6.54 Å². The molecule has 1 aliphatic rings. The molecule has 1 unspecified atom stereocenters. The Labute approximate surface area is 174 Å². The Morgan fingerprint density at radius 3 is 2.62 bits per heavy atom. The molecule has 0 spiro atoms. The number of anilines is 1. The highest BCUT2D eigenvalue weighted by atomic mass is 32.2. The number of rotatable bonds is 8. The van der Waals surface area contributed by atoms with Crippen LogP contribution in [0.5, 0.6) is 0 Å². The van der Waals surface area contributed by atoms with E-state index >= 15 is 0 Å². The number of hydrogen-bond acceptors (Lipinski definition) is 5. The van der Waals surface area contributed by atoms with Gasteiger partial charge >= 0.3 is 5.97 Å². The molecule has 0 fully saturated rings. The van der Waals surface area contributed by atoms with E-state index in [0.717, 1.165) is 23.3 Å². The van der Waals surface area contributed by atoms with Crippen LogP contribution in [0.25, 0.3) is 0 Å². The fourth-order valence-electron chi connectivity index (χ4n) is 3.18. The molecule has 2 aromatic rings. The third-order valence-corrected chi connectivity index (χ3v) is 5.62. The summed E-state index contributed by atoms with van der Waals surface area (Å²) in [6.45, 7) is 1.47. The minimum Gasteiger partial charge on any atom is -0.454 e. The smallest absolute Gasteiger partial charge is 0.326 e. The summed E-state index contributed by atoms with van der Waals surface area (Å²) in [6.07, 6.45) is 1.70. The third-order valence-electron chi connectivity index (χ3n) is 4.57. The minimum atomic E-state index is -0.609. The number of nitrogens with one attached hydrogen (secondary N) is 1. The van der Waals surface area contributed by atoms with Crippen LogP contribution in [0, 0.1) is 0 Å². The van der Waals surface area contributed by atoms with Crippen LogP contribution in [0.3, 0.4) is 0 Å². The van der Waals surface area contributed by atoms with Gasteiger partial charge in [-0.1, -0.05) is 55.8 Å². The Morgan fingerprint density at radius 2 is 1.86 bits per heavy atom. The summed E-state index contributed by atoms with van der Waals surface area (Å²) in [6, 6.07) is 17.0. The fourth-order valence-corrected chi connectivity index (χ4v) is 4.12. The molecule has 1 atom stereocenters. The van der Waals surface area contributed by atoms with Gasteiger partial charge in [0, 0.05) is 4.90 Å². The van der Waals surface area contributed by atoms with E-state index in [4.69, 9.17) is 4.74 Å². The number of carbonyl (C=O) groups excluding carboxylic acids is 3. The van der Waals surface area contributed by atoms with E-state index in [0.29, 0.717) is 5.69 Å². The number of amides is 2.